The van der Waals surface area contributed by atoms with Crippen LogP contribution in [0.5, 0.6) is 0 Å². The molecule has 0 spiro atoms. The third-order valence-electron chi connectivity index (χ3n) is 3.62. The number of hydrogen-bond acceptors (Lipinski definition) is 2. The second-order valence-corrected chi connectivity index (χ2v) is 5.24. The average molecular weight is 270 g/mol. The Kier molecular flexibility index (Phi) is 4.18. The Bertz CT molecular complexity index is 579. The summed E-state index contributed by atoms with van der Waals surface area (Å²) >= 11 is 0. The van der Waals surface area contributed by atoms with E-state index >= 15 is 0 Å². The van der Waals surface area contributed by atoms with Crippen LogP contribution in [-0.4, -0.2) is 16.9 Å². The van der Waals surface area contributed by atoms with E-state index in [9.17, 15) is 9.59 Å². The van der Waals surface area contributed by atoms with Gasteiger partial charge in [-0.05, 0) is 24.8 Å². The fraction of sp³-hybridized carbons (Fsp3) is 0.294. The van der Waals surface area contributed by atoms with Crippen LogP contribution >= 0.6 is 0 Å². The average Bonchev–Trinajstić information content (AvgIpc) is 2.46. The molecule has 0 saturated carbocycles. The Morgan fingerprint density at radius 2 is 1.90 bits per heavy atom. The summed E-state index contributed by atoms with van der Waals surface area (Å²) in [5.41, 5.74) is 2.01. The Balaban J connectivity index is 2.16. The zero-order chi connectivity index (χ0) is 14.7. The lowest BCUT2D eigenvalue weighted by molar-refractivity contribution is -0.138. The molecule has 1 aliphatic carbocycles. The smallest absolute Gasteiger partial charge is 0.310 e. The molecular formula is C17H18O3. The predicted molar refractivity (Wildman–Crippen MR) is 77.8 cm³/mol. The van der Waals surface area contributed by atoms with Gasteiger partial charge in [-0.15, -0.1) is 0 Å². The van der Waals surface area contributed by atoms with E-state index in [4.69, 9.17) is 5.11 Å². The van der Waals surface area contributed by atoms with Crippen LogP contribution < -0.4 is 0 Å². The van der Waals surface area contributed by atoms with Gasteiger partial charge in [0.25, 0.3) is 0 Å². The maximum atomic E-state index is 12.3. The van der Waals surface area contributed by atoms with Crippen LogP contribution in [-0.2, 0) is 4.79 Å². The van der Waals surface area contributed by atoms with Crippen molar-refractivity contribution in [2.24, 2.45) is 5.92 Å². The van der Waals surface area contributed by atoms with Gasteiger partial charge in [0.15, 0.2) is 5.78 Å². The molecule has 0 amide bonds. The predicted octanol–water partition coefficient (Wildman–Crippen LogP) is 3.58. The molecular weight excluding hydrogens is 252 g/mol. The molecule has 20 heavy (non-hydrogen) atoms. The number of carbonyl (C=O) groups excluding carboxylic acids is 1. The lowest BCUT2D eigenvalue weighted by Gasteiger charge is -2.11. The molecule has 3 heteroatoms. The van der Waals surface area contributed by atoms with Crippen LogP contribution in [0.25, 0.3) is 0 Å². The van der Waals surface area contributed by atoms with E-state index in [-0.39, 0.29) is 5.78 Å². The molecule has 2 unspecified atom stereocenters. The Hall–Kier alpha value is -2.16. The Morgan fingerprint density at radius 3 is 2.40 bits per heavy atom. The van der Waals surface area contributed by atoms with E-state index in [2.05, 4.69) is 6.92 Å². The second-order valence-electron chi connectivity index (χ2n) is 5.24. The van der Waals surface area contributed by atoms with Crippen LogP contribution in [0.15, 0.2) is 48.1 Å². The first-order valence-corrected chi connectivity index (χ1v) is 6.75. The maximum Gasteiger partial charge on any atom is 0.310 e. The number of Topliss-reactive ketones (excluding diaryl/α,β-unsaturated/α-hetero) is 1. The van der Waals surface area contributed by atoms with Crippen LogP contribution in [0, 0.1) is 5.92 Å². The van der Waals surface area contributed by atoms with Gasteiger partial charge in [0.2, 0.25) is 0 Å². The monoisotopic (exact) mass is 270 g/mol. The van der Waals surface area contributed by atoms with Crippen molar-refractivity contribution in [3.8, 4) is 0 Å². The van der Waals surface area contributed by atoms with Crippen molar-refractivity contribution in [2.45, 2.75) is 26.2 Å². The van der Waals surface area contributed by atoms with Crippen LogP contribution in [0.4, 0.5) is 0 Å². The first-order valence-electron chi connectivity index (χ1n) is 6.75. The minimum absolute atomic E-state index is 0.0114. The van der Waals surface area contributed by atoms with Gasteiger partial charge in [-0.3, -0.25) is 9.59 Å². The third kappa shape index (κ3) is 3.05. The Labute approximate surface area is 118 Å². The zero-order valence-corrected chi connectivity index (χ0v) is 11.7. The number of rotatable bonds is 4. The molecule has 0 aromatic heterocycles. The Morgan fingerprint density at radius 1 is 1.25 bits per heavy atom. The van der Waals surface area contributed by atoms with Gasteiger partial charge in [-0.1, -0.05) is 49.4 Å². The summed E-state index contributed by atoms with van der Waals surface area (Å²) in [5.74, 6) is -0.960. The van der Waals surface area contributed by atoms with E-state index in [0.29, 0.717) is 22.6 Å². The minimum atomic E-state index is -0.865. The summed E-state index contributed by atoms with van der Waals surface area (Å²) in [5, 5.41) is 8.96. The number of carboxylic acids is 1. The minimum Gasteiger partial charge on any atom is -0.481 e. The first-order chi connectivity index (χ1) is 9.49. The number of carboxylic acid groups (broad SMARTS) is 1. The molecule has 2 atom stereocenters. The summed E-state index contributed by atoms with van der Waals surface area (Å²) in [6, 6.07) is 6.82. The topological polar surface area (TPSA) is 54.4 Å². The molecule has 0 saturated heterocycles. The number of allylic oxidation sites excluding steroid dienone is 4. The molecule has 1 N–H and O–H groups in total. The number of carbonyl (C=O) groups is 2. The van der Waals surface area contributed by atoms with Gasteiger partial charge in [0.05, 0.1) is 5.92 Å². The molecule has 3 nitrogen and oxygen atoms in total. The number of ketones is 1. The lowest BCUT2D eigenvalue weighted by atomic mass is 9.92. The van der Waals surface area contributed by atoms with E-state index in [0.717, 1.165) is 6.42 Å². The van der Waals surface area contributed by atoms with Gasteiger partial charge >= 0.3 is 5.97 Å². The summed E-state index contributed by atoms with van der Waals surface area (Å²) < 4.78 is 0. The number of benzene rings is 1. The SMILES string of the molecule is CC1C=CC(C(=O)c2ccc(C(C)C(=O)O)cc2)=CC1. The number of aliphatic carboxylic acids is 1. The molecule has 1 aromatic carbocycles. The first kappa shape index (κ1) is 14.3. The summed E-state index contributed by atoms with van der Waals surface area (Å²) in [7, 11) is 0. The highest BCUT2D eigenvalue weighted by molar-refractivity contribution is 6.10. The quantitative estimate of drug-likeness (QED) is 0.851. The van der Waals surface area contributed by atoms with Crippen molar-refractivity contribution in [3.63, 3.8) is 0 Å². The fourth-order valence-electron chi connectivity index (χ4n) is 2.13. The summed E-state index contributed by atoms with van der Waals surface area (Å²) in [6.45, 7) is 3.74. The molecule has 104 valence electrons. The van der Waals surface area contributed by atoms with Crippen molar-refractivity contribution < 1.29 is 14.7 Å². The van der Waals surface area contributed by atoms with Crippen LogP contribution in [0.3, 0.4) is 0 Å². The van der Waals surface area contributed by atoms with E-state index in [1.165, 1.54) is 0 Å². The van der Waals surface area contributed by atoms with Crippen molar-refractivity contribution in [2.75, 3.05) is 0 Å². The van der Waals surface area contributed by atoms with Crippen molar-refractivity contribution in [1.29, 1.82) is 0 Å². The fourth-order valence-corrected chi connectivity index (χ4v) is 2.13. The van der Waals surface area contributed by atoms with Crippen LogP contribution in [0.1, 0.15) is 42.1 Å². The molecule has 2 rings (SSSR count). The highest BCUT2D eigenvalue weighted by Crippen LogP contribution is 2.21. The molecule has 0 radical (unpaired) electrons. The summed E-state index contributed by atoms with van der Waals surface area (Å²) in [6.07, 6.45) is 6.74. The van der Waals surface area contributed by atoms with Crippen molar-refractivity contribution >= 4 is 11.8 Å². The molecule has 0 bridgehead atoms. The molecule has 1 aromatic rings. The second kappa shape index (κ2) is 5.87. The van der Waals surface area contributed by atoms with E-state index in [1.54, 1.807) is 31.2 Å². The standard InChI is InChI=1S/C17H18O3/c1-11-3-5-14(6-4-11)16(18)15-9-7-13(8-10-15)12(2)17(19)20/h3,5-12H,4H2,1-2H3,(H,19,20). The van der Waals surface area contributed by atoms with E-state index in [1.807, 2.05) is 18.2 Å². The normalized spacial score (nSPS) is 19.3. The third-order valence-corrected chi connectivity index (χ3v) is 3.62. The molecule has 0 fully saturated rings. The largest absolute Gasteiger partial charge is 0.481 e. The maximum absolute atomic E-state index is 12.3. The van der Waals surface area contributed by atoms with Crippen molar-refractivity contribution in [3.05, 3.63) is 59.2 Å². The molecule has 0 heterocycles. The summed E-state index contributed by atoms with van der Waals surface area (Å²) in [4.78, 5) is 23.2. The van der Waals surface area contributed by atoms with E-state index < -0.39 is 11.9 Å². The van der Waals surface area contributed by atoms with Gasteiger partial charge in [-0.25, -0.2) is 0 Å². The van der Waals surface area contributed by atoms with Crippen molar-refractivity contribution in [1.82, 2.24) is 0 Å². The van der Waals surface area contributed by atoms with Gasteiger partial charge < -0.3 is 5.11 Å². The zero-order valence-electron chi connectivity index (χ0n) is 11.7. The van der Waals surface area contributed by atoms with Gasteiger partial charge in [0.1, 0.15) is 0 Å². The molecule has 0 aliphatic heterocycles. The van der Waals surface area contributed by atoms with Crippen LogP contribution in [0.2, 0.25) is 0 Å². The van der Waals surface area contributed by atoms with Gasteiger partial charge in [0, 0.05) is 11.1 Å². The highest BCUT2D eigenvalue weighted by Gasteiger charge is 2.16. The molecule has 1 aliphatic rings. The number of hydrogen-bond donors (Lipinski definition) is 1. The highest BCUT2D eigenvalue weighted by atomic mass is 16.4. The lowest BCUT2D eigenvalue weighted by Crippen LogP contribution is -2.09. The van der Waals surface area contributed by atoms with Gasteiger partial charge in [-0.2, -0.15) is 0 Å².